The third-order valence-corrected chi connectivity index (χ3v) is 3.62. The predicted molar refractivity (Wildman–Crippen MR) is 65.3 cm³/mol. The highest BCUT2D eigenvalue weighted by Gasteiger charge is 2.28. The molecule has 1 fully saturated rings. The SMILES string of the molecule is C[N+]1(C)CCCC(c2ccc(Cl)cc2)C1. The number of rotatable bonds is 1. The third-order valence-electron chi connectivity index (χ3n) is 3.37. The smallest absolute Gasteiger partial charge is 0.0852 e. The predicted octanol–water partition coefficient (Wildman–Crippen LogP) is 3.29. The average molecular weight is 225 g/mol. The Morgan fingerprint density at radius 1 is 1.20 bits per heavy atom. The zero-order valence-corrected chi connectivity index (χ0v) is 10.3. The summed E-state index contributed by atoms with van der Waals surface area (Å²) in [5.41, 5.74) is 1.45. The Bertz CT molecular complexity index is 329. The summed E-state index contributed by atoms with van der Waals surface area (Å²) in [5.74, 6) is 0.714. The standard InChI is InChI=1S/C13H19ClN/c1-15(2)9-3-4-12(10-15)11-5-7-13(14)8-6-11/h5-8,12H,3-4,9-10H2,1-2H3/q+1. The van der Waals surface area contributed by atoms with E-state index >= 15 is 0 Å². The van der Waals surface area contributed by atoms with E-state index in [1.54, 1.807) is 0 Å². The summed E-state index contributed by atoms with van der Waals surface area (Å²) in [7, 11) is 4.64. The second kappa shape index (κ2) is 4.15. The molecule has 82 valence electrons. The minimum absolute atomic E-state index is 0.714. The van der Waals surface area contributed by atoms with Gasteiger partial charge in [-0.25, -0.2) is 0 Å². The Labute approximate surface area is 97.3 Å². The Morgan fingerprint density at radius 2 is 1.87 bits per heavy atom. The molecule has 1 heterocycles. The zero-order chi connectivity index (χ0) is 10.9. The number of hydrogen-bond donors (Lipinski definition) is 0. The lowest BCUT2D eigenvalue weighted by Crippen LogP contribution is -2.46. The first kappa shape index (κ1) is 11.0. The van der Waals surface area contributed by atoms with Crippen molar-refractivity contribution in [1.82, 2.24) is 0 Å². The van der Waals surface area contributed by atoms with Crippen molar-refractivity contribution in [3.63, 3.8) is 0 Å². The number of benzene rings is 1. The average Bonchev–Trinajstić information content (AvgIpc) is 2.17. The van der Waals surface area contributed by atoms with Crippen LogP contribution >= 0.6 is 11.6 Å². The molecule has 0 radical (unpaired) electrons. The molecule has 0 aliphatic carbocycles. The van der Waals surface area contributed by atoms with Crippen molar-refractivity contribution in [1.29, 1.82) is 0 Å². The van der Waals surface area contributed by atoms with E-state index in [9.17, 15) is 0 Å². The molecule has 0 saturated carbocycles. The quantitative estimate of drug-likeness (QED) is 0.643. The molecule has 2 heteroatoms. The molecule has 0 aromatic heterocycles. The number of hydrogen-bond acceptors (Lipinski definition) is 0. The molecular weight excluding hydrogens is 206 g/mol. The van der Waals surface area contributed by atoms with Crippen molar-refractivity contribution in [3.05, 3.63) is 34.9 Å². The van der Waals surface area contributed by atoms with Gasteiger partial charge in [0.1, 0.15) is 0 Å². The lowest BCUT2D eigenvalue weighted by atomic mass is 9.90. The summed E-state index contributed by atoms with van der Waals surface area (Å²) in [6.07, 6.45) is 2.66. The van der Waals surface area contributed by atoms with E-state index in [4.69, 9.17) is 11.6 Å². The highest BCUT2D eigenvalue weighted by atomic mass is 35.5. The fourth-order valence-electron chi connectivity index (χ4n) is 2.55. The molecule has 1 aliphatic rings. The van der Waals surface area contributed by atoms with Crippen molar-refractivity contribution in [2.45, 2.75) is 18.8 Å². The molecule has 1 aromatic carbocycles. The van der Waals surface area contributed by atoms with E-state index < -0.39 is 0 Å². The van der Waals surface area contributed by atoms with Crippen LogP contribution in [0.1, 0.15) is 24.3 Å². The number of halogens is 1. The molecule has 15 heavy (non-hydrogen) atoms. The number of quaternary nitrogens is 1. The van der Waals surface area contributed by atoms with Crippen molar-refractivity contribution < 1.29 is 4.48 Å². The topological polar surface area (TPSA) is 0 Å². The Balaban J connectivity index is 2.13. The van der Waals surface area contributed by atoms with E-state index in [0.29, 0.717) is 5.92 Å². The van der Waals surface area contributed by atoms with Gasteiger partial charge in [0, 0.05) is 10.9 Å². The highest BCUT2D eigenvalue weighted by molar-refractivity contribution is 6.30. The molecule has 0 amide bonds. The van der Waals surface area contributed by atoms with Gasteiger partial charge in [0.05, 0.1) is 27.2 Å². The first-order valence-electron chi connectivity index (χ1n) is 5.64. The molecule has 2 rings (SSSR count). The van der Waals surface area contributed by atoms with Gasteiger partial charge in [-0.05, 0) is 30.5 Å². The van der Waals surface area contributed by atoms with Crippen LogP contribution in [0.2, 0.25) is 5.02 Å². The summed E-state index contributed by atoms with van der Waals surface area (Å²) in [6, 6.07) is 8.37. The zero-order valence-electron chi connectivity index (χ0n) is 9.54. The molecule has 1 atom stereocenters. The largest absolute Gasteiger partial charge is 0.328 e. The van der Waals surface area contributed by atoms with E-state index in [1.807, 2.05) is 12.1 Å². The molecule has 1 aromatic rings. The molecule has 0 bridgehead atoms. The molecule has 1 nitrogen and oxygen atoms in total. The van der Waals surface area contributed by atoms with Crippen LogP contribution in [0.25, 0.3) is 0 Å². The van der Waals surface area contributed by atoms with E-state index in [-0.39, 0.29) is 0 Å². The fourth-order valence-corrected chi connectivity index (χ4v) is 2.68. The van der Waals surface area contributed by atoms with Gasteiger partial charge in [0.25, 0.3) is 0 Å². The van der Waals surface area contributed by atoms with Crippen molar-refractivity contribution in [3.8, 4) is 0 Å². The monoisotopic (exact) mass is 224 g/mol. The van der Waals surface area contributed by atoms with Gasteiger partial charge in [-0.2, -0.15) is 0 Å². The number of nitrogens with zero attached hydrogens (tertiary/aromatic N) is 1. The number of likely N-dealkylation sites (N-methyl/N-ethyl adjacent to an activating group) is 1. The minimum atomic E-state index is 0.714. The van der Waals surface area contributed by atoms with Crippen molar-refractivity contribution in [2.24, 2.45) is 0 Å². The summed E-state index contributed by atoms with van der Waals surface area (Å²) in [4.78, 5) is 0. The van der Waals surface area contributed by atoms with Crippen LogP contribution in [-0.4, -0.2) is 31.7 Å². The van der Waals surface area contributed by atoms with Crippen LogP contribution in [0.5, 0.6) is 0 Å². The first-order valence-corrected chi connectivity index (χ1v) is 6.02. The van der Waals surface area contributed by atoms with Crippen LogP contribution in [0, 0.1) is 0 Å². The maximum atomic E-state index is 5.90. The number of likely N-dealkylation sites (tertiary alicyclic amines) is 1. The van der Waals surface area contributed by atoms with Crippen LogP contribution in [0.15, 0.2) is 24.3 Å². The lowest BCUT2D eigenvalue weighted by Gasteiger charge is -2.38. The van der Waals surface area contributed by atoms with Gasteiger partial charge in [0.15, 0.2) is 0 Å². The normalized spacial score (nSPS) is 25.1. The van der Waals surface area contributed by atoms with E-state index in [1.165, 1.54) is 31.5 Å². The van der Waals surface area contributed by atoms with Gasteiger partial charge in [-0.15, -0.1) is 0 Å². The molecule has 0 spiro atoms. The van der Waals surface area contributed by atoms with E-state index in [2.05, 4.69) is 26.2 Å². The lowest BCUT2D eigenvalue weighted by molar-refractivity contribution is -0.896. The highest BCUT2D eigenvalue weighted by Crippen LogP contribution is 2.29. The molecule has 1 unspecified atom stereocenters. The first-order chi connectivity index (χ1) is 7.07. The molecule has 1 saturated heterocycles. The van der Waals surface area contributed by atoms with Gasteiger partial charge >= 0.3 is 0 Å². The third kappa shape index (κ3) is 2.73. The van der Waals surface area contributed by atoms with Gasteiger partial charge in [0.2, 0.25) is 0 Å². The van der Waals surface area contributed by atoms with Gasteiger partial charge < -0.3 is 4.48 Å². The number of piperidine rings is 1. The maximum absolute atomic E-state index is 5.90. The van der Waals surface area contributed by atoms with Crippen molar-refractivity contribution in [2.75, 3.05) is 27.2 Å². The minimum Gasteiger partial charge on any atom is -0.328 e. The second-order valence-electron chi connectivity index (χ2n) is 5.23. The second-order valence-corrected chi connectivity index (χ2v) is 5.67. The Morgan fingerprint density at radius 3 is 2.47 bits per heavy atom. The van der Waals surface area contributed by atoms with Gasteiger partial charge in [-0.1, -0.05) is 23.7 Å². The maximum Gasteiger partial charge on any atom is 0.0852 e. The summed E-state index contributed by atoms with van der Waals surface area (Å²) in [5, 5.41) is 0.836. The van der Waals surface area contributed by atoms with Crippen LogP contribution in [-0.2, 0) is 0 Å². The molecule has 1 aliphatic heterocycles. The molecular formula is C13H19ClN+. The Kier molecular flexibility index (Phi) is 3.03. The summed E-state index contributed by atoms with van der Waals surface area (Å²) in [6.45, 7) is 2.56. The molecule has 0 N–H and O–H groups in total. The van der Waals surface area contributed by atoms with Crippen LogP contribution in [0.4, 0.5) is 0 Å². The Hall–Kier alpha value is -0.530. The van der Waals surface area contributed by atoms with Gasteiger partial charge in [-0.3, -0.25) is 0 Å². The van der Waals surface area contributed by atoms with Crippen molar-refractivity contribution >= 4 is 11.6 Å². The van der Waals surface area contributed by atoms with E-state index in [0.717, 1.165) is 9.51 Å². The summed E-state index contributed by atoms with van der Waals surface area (Å²) < 4.78 is 1.15. The summed E-state index contributed by atoms with van der Waals surface area (Å²) >= 11 is 5.90. The van der Waals surface area contributed by atoms with Crippen LogP contribution in [0.3, 0.4) is 0 Å². The fraction of sp³-hybridized carbons (Fsp3) is 0.538. The van der Waals surface area contributed by atoms with Crippen LogP contribution < -0.4 is 0 Å².